The van der Waals surface area contributed by atoms with E-state index in [0.29, 0.717) is 5.75 Å². The number of aromatic carboxylic acids is 1. The third-order valence-electron chi connectivity index (χ3n) is 2.35. The molecule has 0 saturated heterocycles. The molecule has 0 aliphatic heterocycles. The van der Waals surface area contributed by atoms with Crippen LogP contribution in [0.5, 0.6) is 17.4 Å². The van der Waals surface area contributed by atoms with Crippen LogP contribution in [0.3, 0.4) is 0 Å². The zero-order chi connectivity index (χ0) is 13.8. The van der Waals surface area contributed by atoms with Gasteiger partial charge in [-0.2, -0.15) is 0 Å². The van der Waals surface area contributed by atoms with Crippen LogP contribution in [0.1, 0.15) is 10.4 Å². The number of pyridine rings is 1. The smallest absolute Gasteiger partial charge is 0.342 e. The second-order valence-corrected chi connectivity index (χ2v) is 3.56. The Morgan fingerprint density at radius 2 is 2.11 bits per heavy atom. The summed E-state index contributed by atoms with van der Waals surface area (Å²) in [7, 11) is 1.49. The van der Waals surface area contributed by atoms with Crippen molar-refractivity contribution < 1.29 is 23.8 Å². The van der Waals surface area contributed by atoms with E-state index in [4.69, 9.17) is 14.6 Å². The van der Waals surface area contributed by atoms with Crippen LogP contribution in [0.4, 0.5) is 4.39 Å². The molecule has 1 N–H and O–H groups in total. The first-order chi connectivity index (χ1) is 9.11. The number of halogens is 1. The third kappa shape index (κ3) is 2.79. The molecule has 98 valence electrons. The highest BCUT2D eigenvalue weighted by Gasteiger charge is 2.17. The standard InChI is InChI=1S/C13H10FNO4/c1-18-8-5-6-11(15-7-8)19-10-4-2-3-9(14)12(10)13(16)17/h2-7H,1H3,(H,16,17). The molecule has 2 rings (SSSR count). The van der Waals surface area contributed by atoms with Crippen LogP contribution in [0.2, 0.25) is 0 Å². The van der Waals surface area contributed by atoms with Crippen LogP contribution in [0.15, 0.2) is 36.5 Å². The predicted octanol–water partition coefficient (Wildman–Crippen LogP) is 2.72. The molecule has 6 heteroatoms. The van der Waals surface area contributed by atoms with Gasteiger partial charge in [0.2, 0.25) is 5.88 Å². The second kappa shape index (κ2) is 5.34. The van der Waals surface area contributed by atoms with Crippen molar-refractivity contribution in [3.63, 3.8) is 0 Å². The van der Waals surface area contributed by atoms with Crippen LogP contribution < -0.4 is 9.47 Å². The Morgan fingerprint density at radius 1 is 1.32 bits per heavy atom. The lowest BCUT2D eigenvalue weighted by atomic mass is 10.2. The number of carboxylic acids is 1. The van der Waals surface area contributed by atoms with Crippen molar-refractivity contribution in [3.05, 3.63) is 47.9 Å². The number of benzene rings is 1. The fourth-order valence-corrected chi connectivity index (χ4v) is 1.46. The maximum atomic E-state index is 13.4. The quantitative estimate of drug-likeness (QED) is 0.918. The lowest BCUT2D eigenvalue weighted by Gasteiger charge is -2.08. The van der Waals surface area contributed by atoms with Gasteiger partial charge in [0, 0.05) is 6.07 Å². The molecule has 0 atom stereocenters. The van der Waals surface area contributed by atoms with E-state index in [2.05, 4.69) is 4.98 Å². The highest BCUT2D eigenvalue weighted by atomic mass is 19.1. The number of aromatic nitrogens is 1. The average molecular weight is 263 g/mol. The predicted molar refractivity (Wildman–Crippen MR) is 64.2 cm³/mol. The van der Waals surface area contributed by atoms with Gasteiger partial charge < -0.3 is 14.6 Å². The first kappa shape index (κ1) is 12.8. The zero-order valence-electron chi connectivity index (χ0n) is 9.96. The normalized spacial score (nSPS) is 10.0. The molecule has 0 bridgehead atoms. The molecule has 0 fully saturated rings. The molecule has 1 heterocycles. The van der Waals surface area contributed by atoms with Crippen LogP contribution in [0.25, 0.3) is 0 Å². The van der Waals surface area contributed by atoms with E-state index >= 15 is 0 Å². The lowest BCUT2D eigenvalue weighted by molar-refractivity contribution is 0.0689. The van der Waals surface area contributed by atoms with Crippen molar-refractivity contribution in [1.29, 1.82) is 0 Å². The van der Waals surface area contributed by atoms with E-state index in [0.717, 1.165) is 6.07 Å². The Balaban J connectivity index is 2.32. The molecule has 0 aliphatic carbocycles. The van der Waals surface area contributed by atoms with Crippen molar-refractivity contribution >= 4 is 5.97 Å². The van der Waals surface area contributed by atoms with E-state index in [-0.39, 0.29) is 11.6 Å². The van der Waals surface area contributed by atoms with E-state index in [9.17, 15) is 9.18 Å². The Labute approximate surface area is 108 Å². The van der Waals surface area contributed by atoms with Gasteiger partial charge in [-0.05, 0) is 18.2 Å². The molecule has 2 aromatic rings. The van der Waals surface area contributed by atoms with Crippen LogP contribution in [-0.2, 0) is 0 Å². The highest BCUT2D eigenvalue weighted by molar-refractivity contribution is 5.91. The molecule has 5 nitrogen and oxygen atoms in total. The molecule has 0 amide bonds. The Kier molecular flexibility index (Phi) is 3.61. The maximum Gasteiger partial charge on any atom is 0.342 e. The van der Waals surface area contributed by atoms with Gasteiger partial charge in [-0.25, -0.2) is 14.2 Å². The molecule has 0 saturated carbocycles. The number of carboxylic acid groups (broad SMARTS) is 1. The van der Waals surface area contributed by atoms with Gasteiger partial charge in [-0.15, -0.1) is 0 Å². The van der Waals surface area contributed by atoms with Crippen molar-refractivity contribution in [2.45, 2.75) is 0 Å². The first-order valence-corrected chi connectivity index (χ1v) is 5.31. The van der Waals surface area contributed by atoms with Gasteiger partial charge in [0.25, 0.3) is 0 Å². The van der Waals surface area contributed by atoms with Crippen LogP contribution >= 0.6 is 0 Å². The largest absolute Gasteiger partial charge is 0.495 e. The van der Waals surface area contributed by atoms with E-state index in [1.807, 2.05) is 0 Å². The summed E-state index contributed by atoms with van der Waals surface area (Å²) in [5, 5.41) is 8.95. The highest BCUT2D eigenvalue weighted by Crippen LogP contribution is 2.26. The van der Waals surface area contributed by atoms with E-state index < -0.39 is 17.3 Å². The van der Waals surface area contributed by atoms with Gasteiger partial charge in [0.15, 0.2) is 0 Å². The Morgan fingerprint density at radius 3 is 2.68 bits per heavy atom. The molecule has 19 heavy (non-hydrogen) atoms. The maximum absolute atomic E-state index is 13.4. The van der Waals surface area contributed by atoms with Crippen molar-refractivity contribution in [1.82, 2.24) is 4.98 Å². The summed E-state index contributed by atoms with van der Waals surface area (Å²) in [6.07, 6.45) is 1.41. The van der Waals surface area contributed by atoms with Crippen molar-refractivity contribution in [3.8, 4) is 17.4 Å². The minimum absolute atomic E-state index is 0.106. The van der Waals surface area contributed by atoms with Crippen LogP contribution in [0, 0.1) is 5.82 Å². The molecule has 0 spiro atoms. The summed E-state index contributed by atoms with van der Waals surface area (Å²) < 4.78 is 23.6. The lowest BCUT2D eigenvalue weighted by Crippen LogP contribution is -2.03. The monoisotopic (exact) mass is 263 g/mol. The Bertz CT molecular complexity index is 598. The molecule has 0 unspecified atom stereocenters. The number of methoxy groups -OCH3 is 1. The fraction of sp³-hybridized carbons (Fsp3) is 0.0769. The molecule has 0 radical (unpaired) electrons. The summed E-state index contributed by atoms with van der Waals surface area (Å²) >= 11 is 0. The first-order valence-electron chi connectivity index (χ1n) is 5.31. The van der Waals surface area contributed by atoms with E-state index in [1.54, 1.807) is 6.07 Å². The summed E-state index contributed by atoms with van der Waals surface area (Å²) in [5.74, 6) is -1.69. The van der Waals surface area contributed by atoms with Gasteiger partial charge in [-0.1, -0.05) is 6.07 Å². The number of hydrogen-bond donors (Lipinski definition) is 1. The number of rotatable bonds is 4. The third-order valence-corrected chi connectivity index (χ3v) is 2.35. The number of ether oxygens (including phenoxy) is 2. The average Bonchev–Trinajstić information content (AvgIpc) is 2.39. The number of carbonyl (C=O) groups is 1. The van der Waals surface area contributed by atoms with Gasteiger partial charge >= 0.3 is 5.97 Å². The van der Waals surface area contributed by atoms with E-state index in [1.165, 1.54) is 31.5 Å². The Hall–Kier alpha value is -2.63. The molecule has 1 aromatic carbocycles. The van der Waals surface area contributed by atoms with Gasteiger partial charge in [-0.3, -0.25) is 0 Å². The second-order valence-electron chi connectivity index (χ2n) is 3.56. The molecular formula is C13H10FNO4. The number of hydrogen-bond acceptors (Lipinski definition) is 4. The fourth-order valence-electron chi connectivity index (χ4n) is 1.46. The van der Waals surface area contributed by atoms with Gasteiger partial charge in [0.05, 0.1) is 13.3 Å². The van der Waals surface area contributed by atoms with Crippen molar-refractivity contribution in [2.75, 3.05) is 7.11 Å². The van der Waals surface area contributed by atoms with Gasteiger partial charge in [0.1, 0.15) is 22.9 Å². The molecule has 0 aliphatic rings. The summed E-state index contributed by atoms with van der Waals surface area (Å²) in [6.45, 7) is 0. The molecular weight excluding hydrogens is 253 g/mol. The molecule has 1 aromatic heterocycles. The van der Waals surface area contributed by atoms with Crippen LogP contribution in [-0.4, -0.2) is 23.2 Å². The SMILES string of the molecule is COc1ccc(Oc2cccc(F)c2C(=O)O)nc1. The summed E-state index contributed by atoms with van der Waals surface area (Å²) in [5.41, 5.74) is -0.528. The number of nitrogens with zero attached hydrogens (tertiary/aromatic N) is 1. The summed E-state index contributed by atoms with van der Waals surface area (Å²) in [4.78, 5) is 14.9. The summed E-state index contributed by atoms with van der Waals surface area (Å²) in [6, 6.07) is 6.87. The minimum atomic E-state index is -1.40. The topological polar surface area (TPSA) is 68.7 Å². The van der Waals surface area contributed by atoms with Crippen molar-refractivity contribution in [2.24, 2.45) is 0 Å². The zero-order valence-corrected chi connectivity index (χ0v) is 9.96. The minimum Gasteiger partial charge on any atom is -0.495 e.